The van der Waals surface area contributed by atoms with Crippen molar-refractivity contribution in [3.05, 3.63) is 28.5 Å². The molecule has 1 aromatic rings. The maximum Gasteiger partial charge on any atom is 0.292 e. The average Bonchev–Trinajstić information content (AvgIpc) is 1.98. The van der Waals surface area contributed by atoms with Gasteiger partial charge >= 0.3 is 0 Å². The largest absolute Gasteiger partial charge is 0.388 e. The fraction of sp³-hybridized carbons (Fsp3) is 0. The van der Waals surface area contributed by atoms with E-state index in [1.54, 1.807) is 0 Å². The molecule has 0 heterocycles. The van der Waals surface area contributed by atoms with Gasteiger partial charge in [-0.05, 0) is 28.1 Å². The summed E-state index contributed by atoms with van der Waals surface area (Å²) in [5.41, 5.74) is 0. The van der Waals surface area contributed by atoms with Gasteiger partial charge in [-0.3, -0.25) is 0 Å². The minimum atomic E-state index is -0.447. The molecule has 11 heavy (non-hydrogen) atoms. The van der Waals surface area contributed by atoms with Crippen LogP contribution in [0.3, 0.4) is 0 Å². The average molecular weight is 216 g/mol. The SMILES string of the molecule is N#COc1ccc(Br)c(F)c1. The van der Waals surface area contributed by atoms with Gasteiger partial charge in [-0.15, -0.1) is 5.26 Å². The molecule has 1 rings (SSSR count). The summed E-state index contributed by atoms with van der Waals surface area (Å²) in [7, 11) is 0. The molecule has 4 heteroatoms. The number of hydrogen-bond donors (Lipinski definition) is 0. The fourth-order valence-corrected chi connectivity index (χ4v) is 0.840. The van der Waals surface area contributed by atoms with Crippen molar-refractivity contribution in [1.29, 1.82) is 5.26 Å². The highest BCUT2D eigenvalue weighted by Gasteiger charge is 2.00. The van der Waals surface area contributed by atoms with Crippen molar-refractivity contribution < 1.29 is 9.13 Å². The molecule has 0 aliphatic carbocycles. The number of benzene rings is 1. The molecule has 0 aliphatic rings. The maximum absolute atomic E-state index is 12.7. The van der Waals surface area contributed by atoms with E-state index in [4.69, 9.17) is 5.26 Å². The normalized spacial score (nSPS) is 8.82. The van der Waals surface area contributed by atoms with Crippen LogP contribution in [0, 0.1) is 17.3 Å². The third-order valence-electron chi connectivity index (χ3n) is 1.05. The monoisotopic (exact) mass is 215 g/mol. The molecule has 0 fully saturated rings. The van der Waals surface area contributed by atoms with Crippen LogP contribution in [0.5, 0.6) is 5.75 Å². The molecule has 0 saturated carbocycles. The summed E-state index contributed by atoms with van der Waals surface area (Å²) < 4.78 is 17.4. The molecule has 1 aromatic carbocycles. The first-order valence-electron chi connectivity index (χ1n) is 2.75. The van der Waals surface area contributed by atoms with Gasteiger partial charge in [0.2, 0.25) is 0 Å². The van der Waals surface area contributed by atoms with Gasteiger partial charge in [0.15, 0.2) is 0 Å². The lowest BCUT2D eigenvalue weighted by Gasteiger charge is -1.96. The minimum absolute atomic E-state index is 0.202. The van der Waals surface area contributed by atoms with Gasteiger partial charge in [-0.1, -0.05) is 0 Å². The highest BCUT2D eigenvalue weighted by molar-refractivity contribution is 9.10. The van der Waals surface area contributed by atoms with Crippen LogP contribution < -0.4 is 4.74 Å². The van der Waals surface area contributed by atoms with E-state index >= 15 is 0 Å². The predicted molar refractivity (Wildman–Crippen MR) is 40.3 cm³/mol. The second kappa shape index (κ2) is 3.35. The molecule has 2 nitrogen and oxygen atoms in total. The molecule has 0 unspecified atom stereocenters. The van der Waals surface area contributed by atoms with Crippen molar-refractivity contribution in [1.82, 2.24) is 0 Å². The summed E-state index contributed by atoms with van der Waals surface area (Å²) in [5.74, 6) is -0.244. The lowest BCUT2D eigenvalue weighted by molar-refractivity contribution is 0.499. The summed E-state index contributed by atoms with van der Waals surface area (Å²) in [6, 6.07) is 4.10. The zero-order chi connectivity index (χ0) is 8.27. The first kappa shape index (κ1) is 8.02. The Morgan fingerprint density at radius 3 is 2.82 bits per heavy atom. The molecular formula is C7H3BrFNO. The topological polar surface area (TPSA) is 33.0 Å². The second-order valence-corrected chi connectivity index (χ2v) is 2.62. The lowest BCUT2D eigenvalue weighted by atomic mass is 10.3. The molecule has 0 amide bonds. The third kappa shape index (κ3) is 1.92. The van der Waals surface area contributed by atoms with Crippen molar-refractivity contribution in [3.63, 3.8) is 0 Å². The van der Waals surface area contributed by atoms with E-state index in [9.17, 15) is 4.39 Å². The Bertz CT molecular complexity index is 308. The summed E-state index contributed by atoms with van der Waals surface area (Å²) in [5, 5.41) is 8.07. The number of nitriles is 1. The van der Waals surface area contributed by atoms with Gasteiger partial charge in [-0.25, -0.2) is 4.39 Å². The molecule has 0 atom stereocenters. The van der Waals surface area contributed by atoms with Gasteiger partial charge in [0.1, 0.15) is 11.6 Å². The van der Waals surface area contributed by atoms with Crippen molar-refractivity contribution in [3.8, 4) is 12.0 Å². The van der Waals surface area contributed by atoms with Crippen LogP contribution in [0.1, 0.15) is 0 Å². The summed E-state index contributed by atoms with van der Waals surface area (Å²) in [4.78, 5) is 0. The minimum Gasteiger partial charge on any atom is -0.388 e. The Kier molecular flexibility index (Phi) is 2.44. The summed E-state index contributed by atoms with van der Waals surface area (Å²) >= 11 is 2.97. The zero-order valence-electron chi connectivity index (χ0n) is 5.34. The highest BCUT2D eigenvalue weighted by atomic mass is 79.9. The van der Waals surface area contributed by atoms with E-state index in [0.29, 0.717) is 4.47 Å². The number of nitrogens with zero attached hydrogens (tertiary/aromatic N) is 1. The Morgan fingerprint density at radius 2 is 2.27 bits per heavy atom. The van der Waals surface area contributed by atoms with E-state index in [1.165, 1.54) is 18.4 Å². The van der Waals surface area contributed by atoms with E-state index in [0.717, 1.165) is 6.07 Å². The molecule has 0 radical (unpaired) electrons. The lowest BCUT2D eigenvalue weighted by Crippen LogP contribution is -1.83. The Labute approximate surface area is 71.3 Å². The molecule has 0 aliphatic heterocycles. The number of rotatable bonds is 1. The van der Waals surface area contributed by atoms with Gasteiger partial charge < -0.3 is 4.74 Å². The quantitative estimate of drug-likeness (QED) is 0.675. The van der Waals surface area contributed by atoms with E-state index in [-0.39, 0.29) is 5.75 Å². The van der Waals surface area contributed by atoms with E-state index in [2.05, 4.69) is 20.7 Å². The first-order valence-corrected chi connectivity index (χ1v) is 3.54. The first-order chi connectivity index (χ1) is 5.24. The van der Waals surface area contributed by atoms with Crippen molar-refractivity contribution in [2.75, 3.05) is 0 Å². The molecule has 0 N–H and O–H groups in total. The smallest absolute Gasteiger partial charge is 0.292 e. The number of ether oxygens (including phenoxy) is 1. The number of halogens is 2. The molecule has 56 valence electrons. The van der Waals surface area contributed by atoms with E-state index in [1.807, 2.05) is 0 Å². The number of hydrogen-bond acceptors (Lipinski definition) is 2. The van der Waals surface area contributed by atoms with Crippen molar-refractivity contribution >= 4 is 15.9 Å². The van der Waals surface area contributed by atoms with Crippen LogP contribution in [0.15, 0.2) is 22.7 Å². The Balaban J connectivity index is 2.98. The molecule has 0 saturated heterocycles. The standard InChI is InChI=1S/C7H3BrFNO/c8-6-2-1-5(11-4-10)3-7(6)9/h1-3H. The molecule has 0 bridgehead atoms. The second-order valence-electron chi connectivity index (χ2n) is 1.77. The van der Waals surface area contributed by atoms with Gasteiger partial charge in [0.25, 0.3) is 6.26 Å². The molecule has 0 spiro atoms. The Morgan fingerprint density at radius 1 is 1.55 bits per heavy atom. The van der Waals surface area contributed by atoms with Crippen LogP contribution in [0.4, 0.5) is 4.39 Å². The van der Waals surface area contributed by atoms with Crippen LogP contribution in [0.2, 0.25) is 0 Å². The summed E-state index contributed by atoms with van der Waals surface area (Å²) in [6.45, 7) is 0. The van der Waals surface area contributed by atoms with Crippen LogP contribution >= 0.6 is 15.9 Å². The van der Waals surface area contributed by atoms with Crippen molar-refractivity contribution in [2.45, 2.75) is 0 Å². The van der Waals surface area contributed by atoms with Crippen LogP contribution in [0.25, 0.3) is 0 Å². The molecule has 0 aromatic heterocycles. The Hall–Kier alpha value is -1.08. The van der Waals surface area contributed by atoms with Gasteiger partial charge in [0, 0.05) is 6.07 Å². The van der Waals surface area contributed by atoms with Gasteiger partial charge in [0.05, 0.1) is 4.47 Å². The predicted octanol–water partition coefficient (Wildman–Crippen LogP) is 2.45. The van der Waals surface area contributed by atoms with Crippen molar-refractivity contribution in [2.24, 2.45) is 0 Å². The van der Waals surface area contributed by atoms with Crippen LogP contribution in [-0.4, -0.2) is 0 Å². The fourth-order valence-electron chi connectivity index (χ4n) is 0.593. The van der Waals surface area contributed by atoms with Gasteiger partial charge in [-0.2, -0.15) is 0 Å². The zero-order valence-corrected chi connectivity index (χ0v) is 6.93. The van der Waals surface area contributed by atoms with E-state index < -0.39 is 5.82 Å². The maximum atomic E-state index is 12.7. The highest BCUT2D eigenvalue weighted by Crippen LogP contribution is 2.20. The summed E-state index contributed by atoms with van der Waals surface area (Å²) in [6.07, 6.45) is 1.45. The van der Waals surface area contributed by atoms with Crippen LogP contribution in [-0.2, 0) is 0 Å². The third-order valence-corrected chi connectivity index (χ3v) is 1.70. The molecular weight excluding hydrogens is 213 g/mol.